The van der Waals surface area contributed by atoms with E-state index < -0.39 is 9.05 Å². The summed E-state index contributed by atoms with van der Waals surface area (Å²) in [4.78, 5) is 4.13. The Hall–Kier alpha value is -0.840. The van der Waals surface area contributed by atoms with Crippen molar-refractivity contribution in [1.82, 2.24) is 4.98 Å². The molecule has 0 aliphatic rings. The molecule has 0 spiro atoms. The second kappa shape index (κ2) is 4.99. The summed E-state index contributed by atoms with van der Waals surface area (Å²) in [6.45, 7) is 0. The van der Waals surface area contributed by atoms with Crippen LogP contribution in [-0.4, -0.2) is 13.4 Å². The van der Waals surface area contributed by atoms with Gasteiger partial charge in [-0.05, 0) is 17.7 Å². The van der Waals surface area contributed by atoms with Gasteiger partial charge < -0.3 is 0 Å². The SMILES string of the molecule is Cl.O=S(=O)(Cl)Cc1cccc2ncccc12. The molecule has 1 aromatic carbocycles. The third kappa shape index (κ3) is 3.07. The lowest BCUT2D eigenvalue weighted by Crippen LogP contribution is -1.96. The molecule has 6 heteroatoms. The fourth-order valence-corrected chi connectivity index (χ4v) is 2.45. The monoisotopic (exact) mass is 277 g/mol. The molecule has 3 nitrogen and oxygen atoms in total. The van der Waals surface area contributed by atoms with Crippen LogP contribution < -0.4 is 0 Å². The Kier molecular flexibility index (Phi) is 4.13. The first-order valence-electron chi connectivity index (χ1n) is 4.31. The first kappa shape index (κ1) is 13.2. The van der Waals surface area contributed by atoms with E-state index in [2.05, 4.69) is 4.98 Å². The minimum absolute atomic E-state index is 0. The normalized spacial score (nSPS) is 11.1. The van der Waals surface area contributed by atoms with Crippen molar-refractivity contribution in [2.45, 2.75) is 5.75 Å². The van der Waals surface area contributed by atoms with Gasteiger partial charge in [-0.2, -0.15) is 0 Å². The van der Waals surface area contributed by atoms with Gasteiger partial charge in [0.1, 0.15) is 0 Å². The summed E-state index contributed by atoms with van der Waals surface area (Å²) in [5, 5.41) is 0.823. The van der Waals surface area contributed by atoms with E-state index in [4.69, 9.17) is 10.7 Å². The summed E-state index contributed by atoms with van der Waals surface area (Å²) in [6.07, 6.45) is 1.67. The zero-order valence-electron chi connectivity index (χ0n) is 8.13. The van der Waals surface area contributed by atoms with Gasteiger partial charge in [0.2, 0.25) is 9.05 Å². The highest BCUT2D eigenvalue weighted by atomic mass is 35.7. The molecular formula is C10H9Cl2NO2S. The van der Waals surface area contributed by atoms with Crippen molar-refractivity contribution in [3.05, 3.63) is 42.1 Å². The molecule has 0 unspecified atom stereocenters. The predicted octanol–water partition coefficient (Wildman–Crippen LogP) is 2.73. The summed E-state index contributed by atoms with van der Waals surface area (Å²) >= 11 is 0. The van der Waals surface area contributed by atoms with Crippen LogP contribution in [0.2, 0.25) is 0 Å². The van der Waals surface area contributed by atoms with Crippen LogP contribution in [0.3, 0.4) is 0 Å². The molecule has 0 radical (unpaired) electrons. The van der Waals surface area contributed by atoms with Gasteiger partial charge in [-0.1, -0.05) is 18.2 Å². The lowest BCUT2D eigenvalue weighted by Gasteiger charge is -2.02. The van der Waals surface area contributed by atoms with Gasteiger partial charge in [0.25, 0.3) is 0 Å². The average molecular weight is 278 g/mol. The predicted molar refractivity (Wildman–Crippen MR) is 67.5 cm³/mol. The standard InChI is InChI=1S/C10H8ClNO2S.ClH/c11-15(13,14)7-8-3-1-5-10-9(8)4-2-6-12-10;/h1-6H,7H2;1H. The summed E-state index contributed by atoms with van der Waals surface area (Å²) < 4.78 is 22.0. The molecule has 0 bridgehead atoms. The van der Waals surface area contributed by atoms with Crippen molar-refractivity contribution in [1.29, 1.82) is 0 Å². The lowest BCUT2D eigenvalue weighted by molar-refractivity contribution is 0.609. The van der Waals surface area contributed by atoms with E-state index in [1.807, 2.05) is 12.1 Å². The third-order valence-electron chi connectivity index (χ3n) is 2.06. The average Bonchev–Trinajstić information content (AvgIpc) is 2.16. The largest absolute Gasteiger partial charge is 0.256 e. The van der Waals surface area contributed by atoms with E-state index in [-0.39, 0.29) is 18.2 Å². The second-order valence-corrected chi connectivity index (χ2v) is 5.95. The maximum atomic E-state index is 11.0. The Labute approximate surface area is 104 Å². The van der Waals surface area contributed by atoms with E-state index in [0.29, 0.717) is 5.56 Å². The fourth-order valence-electron chi connectivity index (χ4n) is 1.48. The summed E-state index contributed by atoms with van der Waals surface area (Å²) in [6, 6.07) is 8.95. The highest BCUT2D eigenvalue weighted by Gasteiger charge is 2.09. The van der Waals surface area contributed by atoms with Crippen molar-refractivity contribution in [3.63, 3.8) is 0 Å². The zero-order chi connectivity index (χ0) is 10.9. The molecule has 0 amide bonds. The maximum Gasteiger partial charge on any atom is 0.236 e. The van der Waals surface area contributed by atoms with Gasteiger partial charge in [-0.25, -0.2) is 8.42 Å². The molecule has 0 atom stereocenters. The van der Waals surface area contributed by atoms with Crippen molar-refractivity contribution in [2.24, 2.45) is 0 Å². The number of benzene rings is 1. The quantitative estimate of drug-likeness (QED) is 0.793. The van der Waals surface area contributed by atoms with Crippen LogP contribution in [0, 0.1) is 0 Å². The van der Waals surface area contributed by atoms with Crippen molar-refractivity contribution >= 4 is 43.0 Å². The number of halogens is 2. The van der Waals surface area contributed by atoms with E-state index in [1.54, 1.807) is 24.4 Å². The Morgan fingerprint density at radius 2 is 1.94 bits per heavy atom. The van der Waals surface area contributed by atoms with Gasteiger partial charge >= 0.3 is 0 Å². The zero-order valence-corrected chi connectivity index (χ0v) is 10.5. The molecule has 0 aliphatic carbocycles. The summed E-state index contributed by atoms with van der Waals surface area (Å²) in [7, 11) is 1.70. The number of rotatable bonds is 2. The Bertz CT molecular complexity index is 593. The van der Waals surface area contributed by atoms with Crippen LogP contribution in [0.15, 0.2) is 36.5 Å². The van der Waals surface area contributed by atoms with E-state index in [0.717, 1.165) is 10.9 Å². The lowest BCUT2D eigenvalue weighted by atomic mass is 10.1. The van der Waals surface area contributed by atoms with Gasteiger partial charge in [-0.3, -0.25) is 4.98 Å². The van der Waals surface area contributed by atoms with Crippen LogP contribution in [-0.2, 0) is 14.8 Å². The Morgan fingerprint density at radius 1 is 1.19 bits per heavy atom. The molecule has 0 fully saturated rings. The molecule has 16 heavy (non-hydrogen) atoms. The van der Waals surface area contributed by atoms with Gasteiger partial charge in [0, 0.05) is 22.3 Å². The minimum Gasteiger partial charge on any atom is -0.256 e. The summed E-state index contributed by atoms with van der Waals surface area (Å²) in [5.41, 5.74) is 1.45. The number of fused-ring (bicyclic) bond motifs is 1. The third-order valence-corrected chi connectivity index (χ3v) is 3.05. The Morgan fingerprint density at radius 3 is 2.62 bits per heavy atom. The molecule has 1 aromatic heterocycles. The first-order chi connectivity index (χ1) is 7.06. The van der Waals surface area contributed by atoms with Crippen LogP contribution in [0.5, 0.6) is 0 Å². The van der Waals surface area contributed by atoms with Crippen LogP contribution in [0.4, 0.5) is 0 Å². The Balaban J connectivity index is 0.00000128. The highest BCUT2D eigenvalue weighted by molar-refractivity contribution is 8.13. The van der Waals surface area contributed by atoms with Crippen molar-refractivity contribution < 1.29 is 8.42 Å². The van der Waals surface area contributed by atoms with Crippen molar-refractivity contribution in [3.8, 4) is 0 Å². The molecule has 0 saturated carbocycles. The molecule has 0 aliphatic heterocycles. The molecular weight excluding hydrogens is 269 g/mol. The number of nitrogens with zero attached hydrogens (tertiary/aromatic N) is 1. The molecule has 2 aromatic rings. The van der Waals surface area contributed by atoms with E-state index >= 15 is 0 Å². The number of hydrogen-bond donors (Lipinski definition) is 0. The fraction of sp³-hybridized carbons (Fsp3) is 0.100. The smallest absolute Gasteiger partial charge is 0.236 e. The van der Waals surface area contributed by atoms with Crippen LogP contribution in [0.1, 0.15) is 5.56 Å². The molecule has 2 rings (SSSR count). The number of hydrogen-bond acceptors (Lipinski definition) is 3. The number of pyridine rings is 1. The molecule has 0 N–H and O–H groups in total. The molecule has 0 saturated heterocycles. The topological polar surface area (TPSA) is 47.0 Å². The van der Waals surface area contributed by atoms with Gasteiger partial charge in [-0.15, -0.1) is 12.4 Å². The van der Waals surface area contributed by atoms with Crippen molar-refractivity contribution in [2.75, 3.05) is 0 Å². The van der Waals surface area contributed by atoms with E-state index in [1.165, 1.54) is 0 Å². The van der Waals surface area contributed by atoms with Gasteiger partial charge in [0.05, 0.1) is 11.3 Å². The minimum atomic E-state index is -3.52. The van der Waals surface area contributed by atoms with Gasteiger partial charge in [0.15, 0.2) is 0 Å². The maximum absolute atomic E-state index is 11.0. The van der Waals surface area contributed by atoms with Crippen LogP contribution in [0.25, 0.3) is 10.9 Å². The highest BCUT2D eigenvalue weighted by Crippen LogP contribution is 2.19. The van der Waals surface area contributed by atoms with Crippen LogP contribution >= 0.6 is 23.1 Å². The first-order valence-corrected chi connectivity index (χ1v) is 6.79. The van der Waals surface area contributed by atoms with E-state index in [9.17, 15) is 8.42 Å². The molecule has 1 heterocycles. The second-order valence-electron chi connectivity index (χ2n) is 3.17. The number of aromatic nitrogens is 1. The molecule has 86 valence electrons. The summed E-state index contributed by atoms with van der Waals surface area (Å²) in [5.74, 6) is -0.169.